The van der Waals surface area contributed by atoms with Gasteiger partial charge in [0.1, 0.15) is 17.9 Å². The van der Waals surface area contributed by atoms with Crippen molar-refractivity contribution in [1.29, 1.82) is 0 Å². The molecule has 0 fully saturated rings. The fraction of sp³-hybridized carbons (Fsp3) is 0.240. The lowest BCUT2D eigenvalue weighted by Crippen LogP contribution is -2.30. The molecule has 2 aromatic carbocycles. The number of carbonyl (C=O) groups excluding carboxylic acids is 1. The maximum atomic E-state index is 13.0. The van der Waals surface area contributed by atoms with Crippen molar-refractivity contribution < 1.29 is 9.53 Å². The number of likely N-dealkylation sites (N-methyl/N-ethyl adjacent to an activating group) is 1. The third-order valence-corrected chi connectivity index (χ3v) is 5.08. The minimum atomic E-state index is -0.0777. The molecule has 3 aromatic rings. The minimum Gasteiger partial charge on any atom is -0.491 e. The number of ether oxygens (including phenoxy) is 1. The van der Waals surface area contributed by atoms with Gasteiger partial charge in [-0.1, -0.05) is 18.1 Å². The number of hydrogen-bond acceptors (Lipinski definition) is 6. The summed E-state index contributed by atoms with van der Waals surface area (Å²) in [6, 6.07) is 11.3. The first kappa shape index (κ1) is 21.3. The molecule has 1 aliphatic rings. The molecule has 32 heavy (non-hydrogen) atoms. The Morgan fingerprint density at radius 2 is 2.19 bits per heavy atom. The summed E-state index contributed by atoms with van der Waals surface area (Å²) in [6.07, 6.45) is 11.3. The van der Waals surface area contributed by atoms with Gasteiger partial charge >= 0.3 is 0 Å². The molecule has 0 aliphatic carbocycles. The summed E-state index contributed by atoms with van der Waals surface area (Å²) in [5, 5.41) is 4.11. The molecule has 1 aliphatic heterocycles. The van der Waals surface area contributed by atoms with Gasteiger partial charge in [-0.2, -0.15) is 0 Å². The van der Waals surface area contributed by atoms with Gasteiger partial charge in [-0.25, -0.2) is 9.97 Å². The zero-order chi connectivity index (χ0) is 22.5. The lowest BCUT2D eigenvalue weighted by molar-refractivity contribution is -0.114. The topological polar surface area (TPSA) is 70.6 Å². The Labute approximate surface area is 187 Å². The second-order valence-corrected chi connectivity index (χ2v) is 7.77. The zero-order valence-electron chi connectivity index (χ0n) is 18.2. The normalized spacial score (nSPS) is 13.5. The van der Waals surface area contributed by atoms with Crippen molar-refractivity contribution in [2.75, 3.05) is 44.0 Å². The third-order valence-electron chi connectivity index (χ3n) is 5.08. The van der Waals surface area contributed by atoms with Crippen molar-refractivity contribution in [2.24, 2.45) is 0 Å². The fourth-order valence-corrected chi connectivity index (χ4v) is 3.53. The van der Waals surface area contributed by atoms with Crippen LogP contribution in [0.3, 0.4) is 0 Å². The van der Waals surface area contributed by atoms with E-state index in [-0.39, 0.29) is 5.91 Å². The smallest absolute Gasteiger partial charge is 0.250 e. The van der Waals surface area contributed by atoms with Crippen LogP contribution in [0.5, 0.6) is 5.75 Å². The van der Waals surface area contributed by atoms with Gasteiger partial charge in [0, 0.05) is 41.9 Å². The van der Waals surface area contributed by atoms with Gasteiger partial charge in [0.2, 0.25) is 0 Å². The summed E-state index contributed by atoms with van der Waals surface area (Å²) in [6.45, 7) is 1.81. The van der Waals surface area contributed by atoms with Crippen LogP contribution in [0.15, 0.2) is 54.9 Å². The maximum absolute atomic E-state index is 13.0. The number of hydrogen-bond donors (Lipinski definition) is 1. The molecule has 7 heteroatoms. The molecular weight excluding hydrogens is 402 g/mol. The van der Waals surface area contributed by atoms with E-state index in [9.17, 15) is 4.79 Å². The van der Waals surface area contributed by atoms with E-state index in [1.165, 1.54) is 6.33 Å². The van der Waals surface area contributed by atoms with E-state index < -0.39 is 0 Å². The Morgan fingerprint density at radius 1 is 1.31 bits per heavy atom. The molecule has 2 heterocycles. The van der Waals surface area contributed by atoms with Crippen LogP contribution >= 0.6 is 0 Å². The predicted molar refractivity (Wildman–Crippen MR) is 127 cm³/mol. The van der Waals surface area contributed by atoms with Crippen LogP contribution < -0.4 is 15.0 Å². The molecule has 0 saturated heterocycles. The van der Waals surface area contributed by atoms with Crippen LogP contribution in [-0.2, 0) is 4.79 Å². The molecule has 0 spiro atoms. The third kappa shape index (κ3) is 4.71. The SMILES string of the molecule is C#Cc1cccc(Nc2ncnc3cc4c(cc23)N(C(=O)C=CCN(C)C)CCCO4)c1. The highest BCUT2D eigenvalue weighted by Crippen LogP contribution is 2.37. The molecule has 0 radical (unpaired) electrons. The number of aromatic nitrogens is 2. The molecule has 1 aromatic heterocycles. The number of benzene rings is 2. The van der Waals surface area contributed by atoms with Crippen molar-refractivity contribution in [3.05, 3.63) is 60.4 Å². The summed E-state index contributed by atoms with van der Waals surface area (Å²) in [5.41, 5.74) is 3.04. The van der Waals surface area contributed by atoms with E-state index in [2.05, 4.69) is 21.2 Å². The van der Waals surface area contributed by atoms with Gasteiger partial charge in [0.25, 0.3) is 5.91 Å². The van der Waals surface area contributed by atoms with Crippen LogP contribution in [0, 0.1) is 12.3 Å². The first-order chi connectivity index (χ1) is 15.5. The number of carbonyl (C=O) groups is 1. The monoisotopic (exact) mass is 427 g/mol. The van der Waals surface area contributed by atoms with E-state index in [0.717, 1.165) is 28.6 Å². The van der Waals surface area contributed by atoms with E-state index in [4.69, 9.17) is 11.2 Å². The number of rotatable bonds is 5. The van der Waals surface area contributed by atoms with E-state index >= 15 is 0 Å². The second-order valence-electron chi connectivity index (χ2n) is 7.77. The van der Waals surface area contributed by atoms with Crippen LogP contribution in [0.4, 0.5) is 17.2 Å². The van der Waals surface area contributed by atoms with Crippen molar-refractivity contribution in [1.82, 2.24) is 14.9 Å². The molecule has 0 bridgehead atoms. The standard InChI is InChI=1S/C25H25N5O2/c1-4-18-8-5-9-19(14-18)28-25-20-15-22-23(16-21(20)26-17-27-25)32-13-7-12-30(22)24(31)10-6-11-29(2)3/h1,5-6,8-10,14-17H,7,11-13H2,2-3H3,(H,26,27,28). The predicted octanol–water partition coefficient (Wildman–Crippen LogP) is 3.59. The Morgan fingerprint density at radius 3 is 3.00 bits per heavy atom. The van der Waals surface area contributed by atoms with Crippen molar-refractivity contribution >= 4 is 34.0 Å². The summed E-state index contributed by atoms with van der Waals surface area (Å²) >= 11 is 0. The maximum Gasteiger partial charge on any atom is 0.250 e. The minimum absolute atomic E-state index is 0.0777. The Balaban J connectivity index is 1.73. The van der Waals surface area contributed by atoms with E-state index in [1.807, 2.05) is 61.5 Å². The van der Waals surface area contributed by atoms with Gasteiger partial charge in [-0.05, 0) is 44.8 Å². The average molecular weight is 428 g/mol. The van der Waals surface area contributed by atoms with Gasteiger partial charge in [0.05, 0.1) is 17.8 Å². The highest BCUT2D eigenvalue weighted by atomic mass is 16.5. The van der Waals surface area contributed by atoms with Crippen LogP contribution in [0.2, 0.25) is 0 Å². The number of terminal acetylenes is 1. The Bertz CT molecular complexity index is 1210. The number of nitrogens with zero attached hydrogens (tertiary/aromatic N) is 4. The van der Waals surface area contributed by atoms with Gasteiger partial charge in [0.15, 0.2) is 0 Å². The molecule has 0 saturated carbocycles. The van der Waals surface area contributed by atoms with Crippen molar-refractivity contribution in [2.45, 2.75) is 6.42 Å². The summed E-state index contributed by atoms with van der Waals surface area (Å²) in [4.78, 5) is 25.6. The van der Waals surface area contributed by atoms with Crippen LogP contribution in [0.1, 0.15) is 12.0 Å². The molecule has 162 valence electrons. The molecule has 0 unspecified atom stereocenters. The highest BCUT2D eigenvalue weighted by molar-refractivity contribution is 6.05. The summed E-state index contributed by atoms with van der Waals surface area (Å²) < 4.78 is 5.94. The first-order valence-electron chi connectivity index (χ1n) is 10.4. The van der Waals surface area contributed by atoms with Crippen LogP contribution in [-0.4, -0.2) is 54.6 Å². The van der Waals surface area contributed by atoms with Gasteiger partial charge < -0.3 is 19.9 Å². The summed E-state index contributed by atoms with van der Waals surface area (Å²) in [5.74, 6) is 3.83. The van der Waals surface area contributed by atoms with E-state index in [1.54, 1.807) is 11.0 Å². The quantitative estimate of drug-likeness (QED) is 0.496. The zero-order valence-corrected chi connectivity index (χ0v) is 18.2. The van der Waals surface area contributed by atoms with Gasteiger partial charge in [-0.3, -0.25) is 4.79 Å². The largest absolute Gasteiger partial charge is 0.491 e. The number of nitrogens with one attached hydrogen (secondary N) is 1. The van der Waals surface area contributed by atoms with Crippen molar-refractivity contribution in [3.8, 4) is 18.1 Å². The molecule has 1 N–H and O–H groups in total. The highest BCUT2D eigenvalue weighted by Gasteiger charge is 2.22. The molecule has 7 nitrogen and oxygen atoms in total. The molecule has 1 amide bonds. The fourth-order valence-electron chi connectivity index (χ4n) is 3.53. The number of anilines is 3. The Kier molecular flexibility index (Phi) is 6.34. The average Bonchev–Trinajstić information content (AvgIpc) is 3.00. The number of amides is 1. The Hall–Kier alpha value is -3.89. The summed E-state index contributed by atoms with van der Waals surface area (Å²) in [7, 11) is 3.92. The van der Waals surface area contributed by atoms with E-state index in [0.29, 0.717) is 37.0 Å². The molecule has 0 atom stereocenters. The van der Waals surface area contributed by atoms with Gasteiger partial charge in [-0.15, -0.1) is 6.42 Å². The lowest BCUT2D eigenvalue weighted by atomic mass is 10.1. The van der Waals surface area contributed by atoms with Crippen molar-refractivity contribution in [3.63, 3.8) is 0 Å². The molecule has 4 rings (SSSR count). The lowest BCUT2D eigenvalue weighted by Gasteiger charge is -2.21. The first-order valence-corrected chi connectivity index (χ1v) is 10.4. The molecular formula is C25H25N5O2. The number of fused-ring (bicyclic) bond motifs is 2. The van der Waals surface area contributed by atoms with Crippen LogP contribution in [0.25, 0.3) is 10.9 Å². The second kappa shape index (κ2) is 9.50.